The summed E-state index contributed by atoms with van der Waals surface area (Å²) in [6.45, 7) is 0.954. The van der Waals surface area contributed by atoms with E-state index in [1.165, 1.54) is 36.8 Å². The van der Waals surface area contributed by atoms with E-state index in [4.69, 9.17) is 4.74 Å². The van der Waals surface area contributed by atoms with Gasteiger partial charge in [-0.15, -0.1) is 0 Å². The maximum absolute atomic E-state index is 5.91. The summed E-state index contributed by atoms with van der Waals surface area (Å²) in [5.41, 5.74) is 2.97. The molecule has 0 N–H and O–H groups in total. The lowest BCUT2D eigenvalue weighted by molar-refractivity contribution is -0.0362. The first kappa shape index (κ1) is 8.49. The van der Waals surface area contributed by atoms with Gasteiger partial charge in [0.15, 0.2) is 0 Å². The topological polar surface area (TPSA) is 9.23 Å². The van der Waals surface area contributed by atoms with Crippen LogP contribution in [0.4, 0.5) is 0 Å². The van der Waals surface area contributed by atoms with Crippen molar-refractivity contribution < 1.29 is 4.74 Å². The van der Waals surface area contributed by atoms with Gasteiger partial charge in [0.25, 0.3) is 0 Å². The molecule has 14 heavy (non-hydrogen) atoms. The van der Waals surface area contributed by atoms with E-state index in [9.17, 15) is 0 Å². The van der Waals surface area contributed by atoms with E-state index in [0.29, 0.717) is 6.10 Å². The highest BCUT2D eigenvalue weighted by atomic mass is 16.5. The van der Waals surface area contributed by atoms with Crippen LogP contribution < -0.4 is 0 Å². The molecule has 1 aliphatic carbocycles. The lowest BCUT2D eigenvalue weighted by Crippen LogP contribution is -2.27. The summed E-state index contributed by atoms with van der Waals surface area (Å²) in [5, 5.41) is 0. The van der Waals surface area contributed by atoms with Crippen molar-refractivity contribution in [3.63, 3.8) is 0 Å². The molecule has 1 heteroatoms. The van der Waals surface area contributed by atoms with Gasteiger partial charge in [-0.2, -0.15) is 0 Å². The molecule has 1 aromatic rings. The van der Waals surface area contributed by atoms with E-state index < -0.39 is 0 Å². The second-order valence-electron chi connectivity index (χ2n) is 4.43. The number of fused-ring (bicyclic) bond motifs is 3. The maximum Gasteiger partial charge on any atom is 0.0855 e. The molecule has 2 unspecified atom stereocenters. The number of ether oxygens (including phenoxy) is 1. The van der Waals surface area contributed by atoms with Gasteiger partial charge in [0.1, 0.15) is 0 Å². The van der Waals surface area contributed by atoms with Gasteiger partial charge in [0, 0.05) is 6.61 Å². The van der Waals surface area contributed by atoms with Crippen molar-refractivity contribution >= 4 is 0 Å². The lowest BCUT2D eigenvalue weighted by Gasteiger charge is -2.36. The second-order valence-corrected chi connectivity index (χ2v) is 4.43. The summed E-state index contributed by atoms with van der Waals surface area (Å²) in [4.78, 5) is 0. The van der Waals surface area contributed by atoms with E-state index in [0.717, 1.165) is 12.5 Å². The van der Waals surface area contributed by atoms with Crippen molar-refractivity contribution in [2.45, 2.75) is 31.8 Å². The number of aryl methyl sites for hydroxylation is 1. The van der Waals surface area contributed by atoms with Crippen molar-refractivity contribution in [3.05, 3.63) is 35.4 Å². The van der Waals surface area contributed by atoms with Crippen LogP contribution in [-0.2, 0) is 11.2 Å². The molecule has 0 spiro atoms. The van der Waals surface area contributed by atoms with Crippen molar-refractivity contribution in [2.75, 3.05) is 6.61 Å². The minimum Gasteiger partial charge on any atom is -0.373 e. The van der Waals surface area contributed by atoms with Crippen LogP contribution in [0.1, 0.15) is 36.5 Å². The molecule has 0 amide bonds. The molecular weight excluding hydrogens is 172 g/mol. The van der Waals surface area contributed by atoms with Crippen LogP contribution in [0.15, 0.2) is 24.3 Å². The highest BCUT2D eigenvalue weighted by Crippen LogP contribution is 2.41. The Hall–Kier alpha value is -0.820. The standard InChI is InChI=1S/C13H16O/c1-2-6-12-10(4-1)7-8-11-5-3-9-14-13(11)12/h1-2,4,6,11,13H,3,5,7-9H2. The zero-order chi connectivity index (χ0) is 9.38. The van der Waals surface area contributed by atoms with Gasteiger partial charge in [-0.1, -0.05) is 24.3 Å². The quantitative estimate of drug-likeness (QED) is 0.608. The summed E-state index contributed by atoms with van der Waals surface area (Å²) in [6.07, 6.45) is 5.60. The summed E-state index contributed by atoms with van der Waals surface area (Å²) >= 11 is 0. The third-order valence-electron chi connectivity index (χ3n) is 3.59. The molecule has 1 aliphatic heterocycles. The Kier molecular flexibility index (Phi) is 2.06. The molecule has 1 nitrogen and oxygen atoms in total. The van der Waals surface area contributed by atoms with Crippen molar-refractivity contribution in [3.8, 4) is 0 Å². The second kappa shape index (κ2) is 3.39. The molecule has 1 saturated heterocycles. The monoisotopic (exact) mass is 188 g/mol. The average Bonchev–Trinajstić information content (AvgIpc) is 2.29. The first-order chi connectivity index (χ1) is 6.95. The lowest BCUT2D eigenvalue weighted by atomic mass is 9.78. The first-order valence-corrected chi connectivity index (χ1v) is 5.64. The molecular formula is C13H16O. The van der Waals surface area contributed by atoms with Crippen LogP contribution >= 0.6 is 0 Å². The van der Waals surface area contributed by atoms with Gasteiger partial charge in [0.2, 0.25) is 0 Å². The van der Waals surface area contributed by atoms with Crippen LogP contribution in [0.2, 0.25) is 0 Å². The van der Waals surface area contributed by atoms with Gasteiger partial charge in [-0.05, 0) is 42.7 Å². The summed E-state index contributed by atoms with van der Waals surface area (Å²) < 4.78 is 5.91. The Morgan fingerprint density at radius 2 is 2.07 bits per heavy atom. The van der Waals surface area contributed by atoms with Gasteiger partial charge in [-0.25, -0.2) is 0 Å². The molecule has 1 aromatic carbocycles. The number of benzene rings is 1. The van der Waals surface area contributed by atoms with Crippen molar-refractivity contribution in [2.24, 2.45) is 5.92 Å². The summed E-state index contributed by atoms with van der Waals surface area (Å²) in [5.74, 6) is 0.790. The van der Waals surface area contributed by atoms with Crippen molar-refractivity contribution in [1.29, 1.82) is 0 Å². The van der Waals surface area contributed by atoms with Crippen molar-refractivity contribution in [1.82, 2.24) is 0 Å². The maximum atomic E-state index is 5.91. The predicted octanol–water partition coefficient (Wildman–Crippen LogP) is 3.10. The Morgan fingerprint density at radius 3 is 3.07 bits per heavy atom. The smallest absolute Gasteiger partial charge is 0.0855 e. The van der Waals surface area contributed by atoms with Crippen LogP contribution in [-0.4, -0.2) is 6.61 Å². The fourth-order valence-electron chi connectivity index (χ4n) is 2.86. The molecule has 0 aromatic heterocycles. The van der Waals surface area contributed by atoms with E-state index in [1.807, 2.05) is 0 Å². The third kappa shape index (κ3) is 1.27. The molecule has 74 valence electrons. The highest BCUT2D eigenvalue weighted by Gasteiger charge is 2.31. The Bertz CT molecular complexity index is 332. The largest absolute Gasteiger partial charge is 0.373 e. The number of hydrogen-bond donors (Lipinski definition) is 0. The van der Waals surface area contributed by atoms with E-state index >= 15 is 0 Å². The molecule has 0 saturated carbocycles. The molecule has 3 rings (SSSR count). The SMILES string of the molecule is c1ccc2c(c1)CCC1CCCOC21. The minimum atomic E-state index is 0.411. The van der Waals surface area contributed by atoms with Crippen LogP contribution in [0.3, 0.4) is 0 Å². The molecule has 2 atom stereocenters. The predicted molar refractivity (Wildman–Crippen MR) is 56.2 cm³/mol. The summed E-state index contributed by atoms with van der Waals surface area (Å²) in [6, 6.07) is 8.78. The third-order valence-corrected chi connectivity index (χ3v) is 3.59. The zero-order valence-corrected chi connectivity index (χ0v) is 8.41. The summed E-state index contributed by atoms with van der Waals surface area (Å²) in [7, 11) is 0. The molecule has 1 heterocycles. The minimum absolute atomic E-state index is 0.411. The van der Waals surface area contributed by atoms with Gasteiger partial charge < -0.3 is 4.74 Å². The fraction of sp³-hybridized carbons (Fsp3) is 0.538. The Balaban J connectivity index is 1.99. The Labute approximate surface area is 85.1 Å². The molecule has 0 bridgehead atoms. The normalized spacial score (nSPS) is 30.6. The van der Waals surface area contributed by atoms with Gasteiger partial charge in [-0.3, -0.25) is 0 Å². The van der Waals surface area contributed by atoms with Gasteiger partial charge >= 0.3 is 0 Å². The van der Waals surface area contributed by atoms with Crippen LogP contribution in [0, 0.1) is 5.92 Å². The van der Waals surface area contributed by atoms with Crippen LogP contribution in [0.5, 0.6) is 0 Å². The van der Waals surface area contributed by atoms with Gasteiger partial charge in [0.05, 0.1) is 6.10 Å². The number of hydrogen-bond acceptors (Lipinski definition) is 1. The molecule has 1 fully saturated rings. The van der Waals surface area contributed by atoms with E-state index in [-0.39, 0.29) is 0 Å². The average molecular weight is 188 g/mol. The van der Waals surface area contributed by atoms with Crippen LogP contribution in [0.25, 0.3) is 0 Å². The van der Waals surface area contributed by atoms with E-state index in [2.05, 4.69) is 24.3 Å². The number of rotatable bonds is 0. The molecule has 0 radical (unpaired) electrons. The molecule has 2 aliphatic rings. The fourth-order valence-corrected chi connectivity index (χ4v) is 2.86. The highest BCUT2D eigenvalue weighted by molar-refractivity contribution is 5.32. The zero-order valence-electron chi connectivity index (χ0n) is 8.41. The Morgan fingerprint density at radius 1 is 1.14 bits per heavy atom. The van der Waals surface area contributed by atoms with E-state index in [1.54, 1.807) is 0 Å². The first-order valence-electron chi connectivity index (χ1n) is 5.64.